The zero-order valence-corrected chi connectivity index (χ0v) is 9.92. The highest BCUT2D eigenvalue weighted by Crippen LogP contribution is 2.17. The van der Waals surface area contributed by atoms with E-state index in [0.29, 0.717) is 18.7 Å². The van der Waals surface area contributed by atoms with Gasteiger partial charge in [0.05, 0.1) is 10.6 Å². The fourth-order valence-corrected chi connectivity index (χ4v) is 1.66. The summed E-state index contributed by atoms with van der Waals surface area (Å²) in [5.41, 5.74) is 1.56. The van der Waals surface area contributed by atoms with E-state index < -0.39 is 0 Å². The lowest BCUT2D eigenvalue weighted by Gasteiger charge is -2.03. The van der Waals surface area contributed by atoms with Gasteiger partial charge in [0.2, 0.25) is 0 Å². The van der Waals surface area contributed by atoms with Crippen LogP contribution in [0.2, 0.25) is 0 Å². The highest BCUT2D eigenvalue weighted by Gasteiger charge is 2.11. The Morgan fingerprint density at radius 2 is 2.17 bits per heavy atom. The molecule has 0 saturated carbocycles. The van der Waals surface area contributed by atoms with E-state index in [2.05, 4.69) is 10.5 Å². The maximum atomic E-state index is 10.8. The predicted molar refractivity (Wildman–Crippen MR) is 64.9 cm³/mol. The number of aryl methyl sites for hydroxylation is 1. The van der Waals surface area contributed by atoms with Gasteiger partial charge in [0.25, 0.3) is 5.69 Å². The van der Waals surface area contributed by atoms with Gasteiger partial charge in [-0.1, -0.05) is 23.4 Å². The molecule has 0 amide bonds. The number of nitrogens with one attached hydrogen (secondary N) is 1. The zero-order chi connectivity index (χ0) is 13.0. The van der Waals surface area contributed by atoms with Gasteiger partial charge >= 0.3 is 0 Å². The van der Waals surface area contributed by atoms with Gasteiger partial charge in [0.15, 0.2) is 0 Å². The summed E-state index contributed by atoms with van der Waals surface area (Å²) in [6, 6.07) is 8.50. The first-order valence-corrected chi connectivity index (χ1v) is 5.52. The number of aromatic nitrogens is 1. The number of hydrogen-bond acceptors (Lipinski definition) is 5. The predicted octanol–water partition coefficient (Wildman–Crippen LogP) is 2.18. The van der Waals surface area contributed by atoms with E-state index in [-0.39, 0.29) is 10.6 Å². The Bertz CT molecular complexity index is 551. The second-order valence-electron chi connectivity index (χ2n) is 3.92. The van der Waals surface area contributed by atoms with Crippen LogP contribution in [-0.2, 0) is 13.1 Å². The second kappa shape index (κ2) is 5.42. The molecule has 1 heterocycles. The number of nitrogens with zero attached hydrogens (tertiary/aromatic N) is 2. The molecule has 6 nitrogen and oxygen atoms in total. The molecule has 6 heteroatoms. The monoisotopic (exact) mass is 247 g/mol. The number of benzene rings is 1. The summed E-state index contributed by atoms with van der Waals surface area (Å²) < 4.78 is 4.93. The van der Waals surface area contributed by atoms with Crippen molar-refractivity contribution < 1.29 is 9.45 Å². The highest BCUT2D eigenvalue weighted by atomic mass is 16.6. The van der Waals surface area contributed by atoms with Crippen molar-refractivity contribution in [2.24, 2.45) is 0 Å². The third kappa shape index (κ3) is 2.92. The summed E-state index contributed by atoms with van der Waals surface area (Å²) in [5.74, 6) is 0.748. The van der Waals surface area contributed by atoms with Crippen LogP contribution in [0, 0.1) is 17.0 Å². The number of nitro groups is 1. The number of hydrogen-bond donors (Lipinski definition) is 1. The van der Waals surface area contributed by atoms with Gasteiger partial charge in [0, 0.05) is 30.8 Å². The Hall–Kier alpha value is -2.21. The first-order chi connectivity index (χ1) is 8.66. The zero-order valence-electron chi connectivity index (χ0n) is 9.92. The van der Waals surface area contributed by atoms with Crippen LogP contribution in [0.25, 0.3) is 0 Å². The molecule has 0 bridgehead atoms. The van der Waals surface area contributed by atoms with Crippen molar-refractivity contribution >= 4 is 5.69 Å². The maximum Gasteiger partial charge on any atom is 0.273 e. The van der Waals surface area contributed by atoms with Crippen molar-refractivity contribution in [2.75, 3.05) is 0 Å². The Balaban J connectivity index is 1.96. The maximum absolute atomic E-state index is 10.8. The Morgan fingerprint density at radius 1 is 1.39 bits per heavy atom. The van der Waals surface area contributed by atoms with E-state index in [1.165, 1.54) is 6.07 Å². The first kappa shape index (κ1) is 12.3. The lowest BCUT2D eigenvalue weighted by molar-refractivity contribution is -0.385. The van der Waals surface area contributed by atoms with Gasteiger partial charge < -0.3 is 9.84 Å². The Kier molecular flexibility index (Phi) is 3.69. The van der Waals surface area contributed by atoms with Crippen molar-refractivity contribution in [3.05, 3.63) is 57.5 Å². The van der Waals surface area contributed by atoms with Crippen molar-refractivity contribution in [1.29, 1.82) is 0 Å². The molecule has 0 aliphatic rings. The molecule has 0 aliphatic carbocycles. The van der Waals surface area contributed by atoms with Crippen LogP contribution in [0.4, 0.5) is 5.69 Å². The minimum atomic E-state index is -0.378. The minimum absolute atomic E-state index is 0.126. The quantitative estimate of drug-likeness (QED) is 0.647. The largest absolute Gasteiger partial charge is 0.361 e. The Morgan fingerprint density at radius 3 is 2.83 bits per heavy atom. The van der Waals surface area contributed by atoms with E-state index in [1.54, 1.807) is 18.2 Å². The summed E-state index contributed by atoms with van der Waals surface area (Å²) in [4.78, 5) is 10.4. The van der Waals surface area contributed by atoms with E-state index >= 15 is 0 Å². The molecule has 1 aromatic heterocycles. The average molecular weight is 247 g/mol. The van der Waals surface area contributed by atoms with Crippen LogP contribution in [0.3, 0.4) is 0 Å². The fourth-order valence-electron chi connectivity index (χ4n) is 1.66. The molecule has 18 heavy (non-hydrogen) atoms. The average Bonchev–Trinajstić information content (AvgIpc) is 2.75. The summed E-state index contributed by atoms with van der Waals surface area (Å²) in [6.07, 6.45) is 0. The van der Waals surface area contributed by atoms with Gasteiger partial charge in [-0.2, -0.15) is 0 Å². The summed E-state index contributed by atoms with van der Waals surface area (Å²) >= 11 is 0. The standard InChI is InChI=1S/C12H13N3O3/c1-9-6-11(14-18-9)8-13-7-10-4-2-3-5-12(10)15(16)17/h2-6,13H,7-8H2,1H3. The van der Waals surface area contributed by atoms with Crippen LogP contribution in [0.15, 0.2) is 34.9 Å². The van der Waals surface area contributed by atoms with Crippen LogP contribution in [0.1, 0.15) is 17.0 Å². The lowest BCUT2D eigenvalue weighted by Crippen LogP contribution is -2.13. The SMILES string of the molecule is Cc1cc(CNCc2ccccc2[N+](=O)[O-])no1. The molecule has 0 aliphatic heterocycles. The number of rotatable bonds is 5. The normalized spacial score (nSPS) is 10.5. The molecule has 0 fully saturated rings. The van der Waals surface area contributed by atoms with Crippen LogP contribution in [-0.4, -0.2) is 10.1 Å². The molecular formula is C12H13N3O3. The third-order valence-electron chi connectivity index (χ3n) is 2.49. The molecule has 0 saturated heterocycles. The molecule has 0 radical (unpaired) electrons. The van der Waals surface area contributed by atoms with E-state index in [9.17, 15) is 10.1 Å². The summed E-state index contributed by atoms with van der Waals surface area (Å²) in [6.45, 7) is 2.75. The van der Waals surface area contributed by atoms with Crippen LogP contribution < -0.4 is 5.32 Å². The molecule has 1 aromatic carbocycles. The Labute approximate surface area is 104 Å². The number of para-hydroxylation sites is 1. The minimum Gasteiger partial charge on any atom is -0.361 e. The fraction of sp³-hybridized carbons (Fsp3) is 0.250. The van der Waals surface area contributed by atoms with Crippen molar-refractivity contribution in [3.63, 3.8) is 0 Å². The van der Waals surface area contributed by atoms with Crippen LogP contribution in [0.5, 0.6) is 0 Å². The molecular weight excluding hydrogens is 234 g/mol. The topological polar surface area (TPSA) is 81.2 Å². The molecule has 0 spiro atoms. The summed E-state index contributed by atoms with van der Waals surface area (Å²) in [7, 11) is 0. The lowest BCUT2D eigenvalue weighted by atomic mass is 10.2. The number of nitro benzene ring substituents is 1. The van der Waals surface area contributed by atoms with Crippen molar-refractivity contribution in [1.82, 2.24) is 10.5 Å². The van der Waals surface area contributed by atoms with E-state index in [4.69, 9.17) is 4.52 Å². The smallest absolute Gasteiger partial charge is 0.273 e. The molecule has 1 N–H and O–H groups in total. The molecule has 0 unspecified atom stereocenters. The van der Waals surface area contributed by atoms with Gasteiger partial charge in [0.1, 0.15) is 5.76 Å². The van der Waals surface area contributed by atoms with Gasteiger partial charge in [-0.05, 0) is 6.92 Å². The molecule has 0 atom stereocenters. The molecule has 94 valence electrons. The second-order valence-corrected chi connectivity index (χ2v) is 3.92. The highest BCUT2D eigenvalue weighted by molar-refractivity contribution is 5.39. The van der Waals surface area contributed by atoms with Gasteiger partial charge in [-0.25, -0.2) is 0 Å². The van der Waals surface area contributed by atoms with E-state index in [1.807, 2.05) is 13.0 Å². The van der Waals surface area contributed by atoms with Crippen molar-refractivity contribution in [2.45, 2.75) is 20.0 Å². The van der Waals surface area contributed by atoms with Gasteiger partial charge in [-0.3, -0.25) is 10.1 Å². The van der Waals surface area contributed by atoms with Gasteiger partial charge in [-0.15, -0.1) is 0 Å². The summed E-state index contributed by atoms with van der Waals surface area (Å²) in [5, 5.41) is 17.7. The first-order valence-electron chi connectivity index (χ1n) is 5.52. The third-order valence-corrected chi connectivity index (χ3v) is 2.49. The molecule has 2 aromatic rings. The van der Waals surface area contributed by atoms with Crippen molar-refractivity contribution in [3.8, 4) is 0 Å². The van der Waals surface area contributed by atoms with Crippen LogP contribution >= 0.6 is 0 Å². The molecule has 2 rings (SSSR count). The van der Waals surface area contributed by atoms with E-state index in [0.717, 1.165) is 11.5 Å².